The molecule has 17 heavy (non-hydrogen) atoms. The van der Waals surface area contributed by atoms with E-state index in [-0.39, 0.29) is 11.9 Å². The molecule has 1 fully saturated rings. The number of carbonyl (C=O) groups is 1. The van der Waals surface area contributed by atoms with Gasteiger partial charge in [0.2, 0.25) is 0 Å². The fourth-order valence-electron chi connectivity index (χ4n) is 2.20. The molecule has 0 aromatic carbocycles. The molecule has 1 aliphatic rings. The number of piperidine rings is 1. The van der Waals surface area contributed by atoms with Crippen molar-refractivity contribution in [2.75, 3.05) is 19.3 Å². The van der Waals surface area contributed by atoms with Gasteiger partial charge in [0, 0.05) is 19.1 Å². The zero-order valence-electron chi connectivity index (χ0n) is 10.0. The lowest BCUT2D eigenvalue weighted by Gasteiger charge is -2.34. The number of furan rings is 1. The summed E-state index contributed by atoms with van der Waals surface area (Å²) in [4.78, 5) is 14.1. The Morgan fingerprint density at radius 3 is 3.06 bits per heavy atom. The summed E-state index contributed by atoms with van der Waals surface area (Å²) in [7, 11) is 0. The van der Waals surface area contributed by atoms with Crippen LogP contribution in [0, 0.1) is 0 Å². The maximum absolute atomic E-state index is 12.3. The maximum Gasteiger partial charge on any atom is 0.289 e. The quantitative estimate of drug-likeness (QED) is 0.838. The first-order valence-electron chi connectivity index (χ1n) is 5.91. The van der Waals surface area contributed by atoms with Gasteiger partial charge < -0.3 is 15.1 Å². The van der Waals surface area contributed by atoms with E-state index in [9.17, 15) is 4.79 Å². The van der Waals surface area contributed by atoms with Crippen LogP contribution in [0.5, 0.6) is 0 Å². The molecule has 94 valence electrons. The smallest absolute Gasteiger partial charge is 0.289 e. The van der Waals surface area contributed by atoms with Gasteiger partial charge in [0.1, 0.15) is 0 Å². The van der Waals surface area contributed by atoms with E-state index < -0.39 is 0 Å². The standard InChI is InChI=1S/C12H18N2O2S/c1-17-11-6-5-10(16-11)12(15)14-7-3-2-4-9(14)8-13/h5-6,9H,2-4,7-8,13H2,1H3. The van der Waals surface area contributed by atoms with Gasteiger partial charge in [0.25, 0.3) is 5.91 Å². The summed E-state index contributed by atoms with van der Waals surface area (Å²) >= 11 is 1.50. The minimum absolute atomic E-state index is 0.0274. The summed E-state index contributed by atoms with van der Waals surface area (Å²) in [6, 6.07) is 3.74. The predicted molar refractivity (Wildman–Crippen MR) is 68.2 cm³/mol. The minimum Gasteiger partial charge on any atom is -0.445 e. The van der Waals surface area contributed by atoms with Gasteiger partial charge in [-0.2, -0.15) is 0 Å². The molecule has 1 aromatic rings. The van der Waals surface area contributed by atoms with Crippen molar-refractivity contribution < 1.29 is 9.21 Å². The van der Waals surface area contributed by atoms with Gasteiger partial charge >= 0.3 is 0 Å². The Labute approximate surface area is 106 Å². The molecule has 2 heterocycles. The summed E-state index contributed by atoms with van der Waals surface area (Å²) in [5.74, 6) is 0.398. The lowest BCUT2D eigenvalue weighted by atomic mass is 10.0. The van der Waals surface area contributed by atoms with Crippen LogP contribution in [0.3, 0.4) is 0 Å². The number of hydrogen-bond donors (Lipinski definition) is 1. The Balaban J connectivity index is 2.12. The average molecular weight is 254 g/mol. The molecular weight excluding hydrogens is 236 g/mol. The number of amides is 1. The summed E-state index contributed by atoms with van der Waals surface area (Å²) < 4.78 is 5.47. The number of nitrogens with two attached hydrogens (primary N) is 1. The van der Waals surface area contributed by atoms with Crippen LogP contribution in [-0.4, -0.2) is 36.2 Å². The van der Waals surface area contributed by atoms with E-state index in [1.54, 1.807) is 6.07 Å². The largest absolute Gasteiger partial charge is 0.445 e. The topological polar surface area (TPSA) is 59.5 Å². The molecule has 5 heteroatoms. The van der Waals surface area contributed by atoms with Gasteiger partial charge in [0.15, 0.2) is 10.9 Å². The summed E-state index contributed by atoms with van der Waals surface area (Å²) in [6.07, 6.45) is 5.13. The van der Waals surface area contributed by atoms with Crippen LogP contribution in [0.2, 0.25) is 0 Å². The van der Waals surface area contributed by atoms with Crippen molar-refractivity contribution in [3.63, 3.8) is 0 Å². The molecular formula is C12H18N2O2S. The van der Waals surface area contributed by atoms with Crippen LogP contribution < -0.4 is 5.73 Å². The van der Waals surface area contributed by atoms with Gasteiger partial charge in [0.05, 0.1) is 0 Å². The van der Waals surface area contributed by atoms with Crippen molar-refractivity contribution in [3.05, 3.63) is 17.9 Å². The maximum atomic E-state index is 12.3. The third kappa shape index (κ3) is 2.66. The lowest BCUT2D eigenvalue weighted by Crippen LogP contribution is -2.47. The first kappa shape index (κ1) is 12.5. The fraction of sp³-hybridized carbons (Fsp3) is 0.583. The second-order valence-electron chi connectivity index (χ2n) is 4.21. The molecule has 0 bridgehead atoms. The molecule has 1 atom stereocenters. The van der Waals surface area contributed by atoms with Crippen molar-refractivity contribution in [1.29, 1.82) is 0 Å². The molecule has 0 saturated carbocycles. The highest BCUT2D eigenvalue weighted by atomic mass is 32.2. The Morgan fingerprint density at radius 2 is 2.41 bits per heavy atom. The highest BCUT2D eigenvalue weighted by Crippen LogP contribution is 2.22. The molecule has 4 nitrogen and oxygen atoms in total. The van der Waals surface area contributed by atoms with E-state index in [1.165, 1.54) is 11.8 Å². The summed E-state index contributed by atoms with van der Waals surface area (Å²) in [6.45, 7) is 1.32. The Bertz CT molecular complexity index is 392. The van der Waals surface area contributed by atoms with E-state index in [0.717, 1.165) is 30.9 Å². The first-order chi connectivity index (χ1) is 8.26. The van der Waals surface area contributed by atoms with E-state index in [4.69, 9.17) is 10.2 Å². The van der Waals surface area contributed by atoms with Gasteiger partial charge in [-0.05, 0) is 37.7 Å². The lowest BCUT2D eigenvalue weighted by molar-refractivity contribution is 0.0585. The SMILES string of the molecule is CSc1ccc(C(=O)N2CCCCC2CN)o1. The highest BCUT2D eigenvalue weighted by Gasteiger charge is 2.28. The molecule has 0 aliphatic carbocycles. The highest BCUT2D eigenvalue weighted by molar-refractivity contribution is 7.98. The van der Waals surface area contributed by atoms with Crippen LogP contribution in [0.15, 0.2) is 21.6 Å². The zero-order chi connectivity index (χ0) is 12.3. The molecule has 0 radical (unpaired) electrons. The van der Waals surface area contributed by atoms with E-state index >= 15 is 0 Å². The Hall–Kier alpha value is -0.940. The molecule has 1 aliphatic heterocycles. The third-order valence-electron chi connectivity index (χ3n) is 3.15. The number of thioether (sulfide) groups is 1. The molecule has 1 unspecified atom stereocenters. The molecule has 2 rings (SSSR count). The summed E-state index contributed by atoms with van der Waals surface area (Å²) in [5, 5.41) is 0.773. The number of rotatable bonds is 3. The van der Waals surface area contributed by atoms with Crippen LogP contribution in [0.1, 0.15) is 29.8 Å². The van der Waals surface area contributed by atoms with E-state index in [0.29, 0.717) is 12.3 Å². The average Bonchev–Trinajstić information content (AvgIpc) is 2.86. The van der Waals surface area contributed by atoms with Crippen molar-refractivity contribution in [2.45, 2.75) is 30.4 Å². The van der Waals surface area contributed by atoms with Crippen molar-refractivity contribution in [2.24, 2.45) is 5.73 Å². The molecule has 0 spiro atoms. The Morgan fingerprint density at radius 1 is 1.59 bits per heavy atom. The second kappa shape index (κ2) is 5.60. The number of carbonyl (C=O) groups excluding carboxylic acids is 1. The van der Waals surface area contributed by atoms with Crippen LogP contribution >= 0.6 is 11.8 Å². The molecule has 1 amide bonds. The van der Waals surface area contributed by atoms with Crippen LogP contribution in [0.4, 0.5) is 0 Å². The molecule has 1 saturated heterocycles. The zero-order valence-corrected chi connectivity index (χ0v) is 10.8. The number of nitrogens with zero attached hydrogens (tertiary/aromatic N) is 1. The third-order valence-corrected chi connectivity index (χ3v) is 3.78. The normalized spacial score (nSPS) is 20.6. The number of hydrogen-bond acceptors (Lipinski definition) is 4. The molecule has 1 aromatic heterocycles. The van der Waals surface area contributed by atoms with Crippen LogP contribution in [0.25, 0.3) is 0 Å². The predicted octanol–water partition coefficient (Wildman–Crippen LogP) is 1.95. The van der Waals surface area contributed by atoms with Crippen molar-refractivity contribution in [1.82, 2.24) is 4.90 Å². The van der Waals surface area contributed by atoms with E-state index in [2.05, 4.69) is 0 Å². The fourth-order valence-corrected chi connectivity index (χ4v) is 2.58. The minimum atomic E-state index is -0.0274. The van der Waals surface area contributed by atoms with Gasteiger partial charge in [-0.15, -0.1) is 0 Å². The monoisotopic (exact) mass is 254 g/mol. The molecule has 2 N–H and O–H groups in total. The van der Waals surface area contributed by atoms with Gasteiger partial charge in [-0.3, -0.25) is 4.79 Å². The van der Waals surface area contributed by atoms with Crippen molar-refractivity contribution in [3.8, 4) is 0 Å². The summed E-state index contributed by atoms with van der Waals surface area (Å²) in [5.41, 5.74) is 5.71. The van der Waals surface area contributed by atoms with Crippen molar-refractivity contribution >= 4 is 17.7 Å². The second-order valence-corrected chi connectivity index (χ2v) is 5.02. The first-order valence-corrected chi connectivity index (χ1v) is 7.13. The van der Waals surface area contributed by atoms with E-state index in [1.807, 2.05) is 17.2 Å². The number of likely N-dealkylation sites (tertiary alicyclic amines) is 1. The van der Waals surface area contributed by atoms with Gasteiger partial charge in [-0.1, -0.05) is 11.8 Å². The van der Waals surface area contributed by atoms with Crippen LogP contribution in [-0.2, 0) is 0 Å². The van der Waals surface area contributed by atoms with Gasteiger partial charge in [-0.25, -0.2) is 0 Å². The Kier molecular flexibility index (Phi) is 4.12.